The van der Waals surface area contributed by atoms with Crippen LogP contribution < -0.4 is 0 Å². The van der Waals surface area contributed by atoms with Gasteiger partial charge in [-0.25, -0.2) is 19.6 Å². The zero-order chi connectivity index (χ0) is 41.1. The second kappa shape index (κ2) is 22.6. The number of methoxy groups -OCH3 is 2. The predicted octanol–water partition coefficient (Wildman–Crippen LogP) is 7.59. The number of allylic oxidation sites excluding steroid dienone is 9. The lowest BCUT2D eigenvalue weighted by Gasteiger charge is -2.36. The number of oxazole rings is 2. The van der Waals surface area contributed by atoms with Gasteiger partial charge in [-0.3, -0.25) is 0 Å². The second-order valence-corrected chi connectivity index (χ2v) is 14.4. The number of aromatic nitrogens is 2. The van der Waals surface area contributed by atoms with Crippen LogP contribution in [0.25, 0.3) is 0 Å². The van der Waals surface area contributed by atoms with Crippen LogP contribution in [0.4, 0.5) is 0 Å². The minimum absolute atomic E-state index is 0.00434. The van der Waals surface area contributed by atoms with Crippen LogP contribution in [-0.4, -0.2) is 83.0 Å². The van der Waals surface area contributed by atoms with E-state index in [0.29, 0.717) is 18.7 Å². The Morgan fingerprint density at radius 1 is 0.696 bits per heavy atom. The van der Waals surface area contributed by atoms with Gasteiger partial charge >= 0.3 is 11.9 Å². The monoisotopic (exact) mass is 774 g/mol. The Bertz CT molecular complexity index is 1770. The first-order valence-electron chi connectivity index (χ1n) is 18.7. The van der Waals surface area contributed by atoms with Crippen molar-refractivity contribution in [1.82, 2.24) is 9.97 Å². The molecule has 0 amide bonds. The van der Waals surface area contributed by atoms with Crippen molar-refractivity contribution in [3.8, 4) is 0 Å². The smallest absolute Gasteiger partial charge is 0.360 e. The molecular weight excluding hydrogens is 716 g/mol. The predicted molar refractivity (Wildman–Crippen MR) is 214 cm³/mol. The standard InChI is InChI=1S/C44H58N2O10/c1-9-20-35(47)43(3,4)37-25-17-13-11-12-15-23-32(52-8)28-40-46-34(30-54-40)42(50)56-38(44(5,6)36(48)21-10-2)26-19-24-31(51-7)22-16-14-18-27-39-45-33(29-53-39)41(49)55-37/h9-24,29-32,35-38,47-48H,25-28H2,1-8H3/b12-11?,17-13?,18-14?,20-9+,21-10+,22-16?,23-15?,24-19?. The number of carbonyl (C=O) groups is 2. The van der Waals surface area contributed by atoms with Crippen molar-refractivity contribution in [2.24, 2.45) is 10.8 Å². The topological polar surface area (TPSA) is 164 Å². The molecule has 0 aromatic carbocycles. The molecule has 0 saturated heterocycles. The summed E-state index contributed by atoms with van der Waals surface area (Å²) in [7, 11) is 3.14. The minimum Gasteiger partial charge on any atom is -0.457 e. The van der Waals surface area contributed by atoms with Gasteiger partial charge in [0.15, 0.2) is 23.2 Å². The van der Waals surface area contributed by atoms with Crippen molar-refractivity contribution in [3.05, 3.63) is 133 Å². The number of nitrogens with zero attached hydrogens (tertiary/aromatic N) is 2. The van der Waals surface area contributed by atoms with Gasteiger partial charge in [-0.1, -0.05) is 125 Å². The largest absolute Gasteiger partial charge is 0.457 e. The number of fused-ring (bicyclic) bond motifs is 4. The molecule has 4 bridgehead atoms. The zero-order valence-electron chi connectivity index (χ0n) is 33.7. The number of hydrogen-bond acceptors (Lipinski definition) is 12. The van der Waals surface area contributed by atoms with Crippen LogP contribution in [0, 0.1) is 10.8 Å². The molecule has 0 aliphatic carbocycles. The van der Waals surface area contributed by atoms with Crippen LogP contribution in [0.15, 0.2) is 119 Å². The highest BCUT2D eigenvalue weighted by Gasteiger charge is 2.39. The average Bonchev–Trinajstić information content (AvgIpc) is 3.85. The van der Waals surface area contributed by atoms with E-state index < -0.39 is 59.4 Å². The maximum Gasteiger partial charge on any atom is 0.360 e. The second-order valence-electron chi connectivity index (χ2n) is 14.4. The quantitative estimate of drug-likeness (QED) is 0.200. The van der Waals surface area contributed by atoms with Crippen molar-refractivity contribution in [2.45, 2.75) is 104 Å². The maximum absolute atomic E-state index is 13.4. The van der Waals surface area contributed by atoms with Crippen molar-refractivity contribution < 1.29 is 47.6 Å². The number of hydrogen-bond donors (Lipinski definition) is 2. The lowest BCUT2D eigenvalue weighted by Crippen LogP contribution is -2.42. The summed E-state index contributed by atoms with van der Waals surface area (Å²) >= 11 is 0. The van der Waals surface area contributed by atoms with Gasteiger partial charge in [-0.2, -0.15) is 0 Å². The lowest BCUT2D eigenvalue weighted by molar-refractivity contribution is -0.0462. The van der Waals surface area contributed by atoms with E-state index in [9.17, 15) is 19.8 Å². The maximum atomic E-state index is 13.4. The van der Waals surface area contributed by atoms with Crippen molar-refractivity contribution in [3.63, 3.8) is 0 Å². The molecule has 2 N–H and O–H groups in total. The first kappa shape index (κ1) is 45.5. The Hall–Kier alpha value is -4.88. The van der Waals surface area contributed by atoms with Gasteiger partial charge in [0, 0.05) is 44.3 Å². The SMILES string of the molecule is C/C=C/C(O)C(C)(C)C1CC=CC=CC=CC(OC)Cc2nc(co2)C(=O)OC(C(C)(C)C(O)/C=C/C)CC=CC(OC)C=CC=CCc2nc(co2)C(=O)O1. The Balaban J connectivity index is 1.93. The van der Waals surface area contributed by atoms with Gasteiger partial charge in [-0.05, 0) is 13.8 Å². The molecule has 6 unspecified atom stereocenters. The molecule has 1 aliphatic rings. The van der Waals surface area contributed by atoms with Crippen molar-refractivity contribution >= 4 is 11.9 Å². The molecule has 56 heavy (non-hydrogen) atoms. The van der Waals surface area contributed by atoms with Crippen LogP contribution in [0.3, 0.4) is 0 Å². The molecular formula is C44H58N2O10. The number of carbonyl (C=O) groups excluding carboxylic acids is 2. The first-order chi connectivity index (χ1) is 26.8. The summed E-state index contributed by atoms with van der Waals surface area (Å²) in [5.41, 5.74) is -1.66. The number of cyclic esters (lactones) is 2. The zero-order valence-corrected chi connectivity index (χ0v) is 33.7. The van der Waals surface area contributed by atoms with E-state index in [0.717, 1.165) is 0 Å². The Kier molecular flexibility index (Phi) is 18.4. The minimum atomic E-state index is -0.895. The van der Waals surface area contributed by atoms with E-state index in [4.69, 9.17) is 27.8 Å². The summed E-state index contributed by atoms with van der Waals surface area (Å²) in [4.78, 5) is 35.3. The van der Waals surface area contributed by atoms with Crippen molar-refractivity contribution in [2.75, 3.05) is 14.2 Å². The molecule has 6 atom stereocenters. The third-order valence-corrected chi connectivity index (χ3v) is 9.57. The molecule has 0 spiro atoms. The first-order valence-corrected chi connectivity index (χ1v) is 18.7. The summed E-state index contributed by atoms with van der Waals surface area (Å²) in [6.07, 6.45) is 28.4. The third-order valence-electron chi connectivity index (χ3n) is 9.57. The van der Waals surface area contributed by atoms with Crippen LogP contribution in [-0.2, 0) is 31.8 Å². The molecule has 1 aliphatic heterocycles. The lowest BCUT2D eigenvalue weighted by atomic mass is 9.79. The van der Waals surface area contributed by atoms with E-state index in [2.05, 4.69) is 9.97 Å². The molecule has 2 aromatic heterocycles. The van der Waals surface area contributed by atoms with E-state index in [1.165, 1.54) is 12.5 Å². The summed E-state index contributed by atoms with van der Waals surface area (Å²) in [6, 6.07) is 0. The fraction of sp³-hybridized carbons (Fsp3) is 0.455. The normalized spacial score (nSPS) is 22.7. The van der Waals surface area contributed by atoms with Crippen molar-refractivity contribution in [1.29, 1.82) is 0 Å². The van der Waals surface area contributed by atoms with Gasteiger partial charge in [0.25, 0.3) is 0 Å². The van der Waals surface area contributed by atoms with E-state index in [1.807, 2.05) is 108 Å². The molecule has 3 rings (SSSR count). The highest BCUT2D eigenvalue weighted by atomic mass is 16.6. The van der Waals surface area contributed by atoms with Crippen LogP contribution >= 0.6 is 0 Å². The highest BCUT2D eigenvalue weighted by molar-refractivity contribution is 5.87. The Morgan fingerprint density at radius 3 is 1.79 bits per heavy atom. The number of rotatable bonds is 8. The van der Waals surface area contributed by atoms with Gasteiger partial charge in [0.1, 0.15) is 24.7 Å². The number of aliphatic hydroxyl groups excluding tert-OH is 2. The highest BCUT2D eigenvalue weighted by Crippen LogP contribution is 2.33. The summed E-state index contributed by atoms with van der Waals surface area (Å²) in [6.45, 7) is 11.0. The van der Waals surface area contributed by atoms with Crippen LogP contribution in [0.5, 0.6) is 0 Å². The van der Waals surface area contributed by atoms with Gasteiger partial charge in [-0.15, -0.1) is 0 Å². The molecule has 304 valence electrons. The fourth-order valence-electron chi connectivity index (χ4n) is 5.60. The van der Waals surface area contributed by atoms with Gasteiger partial charge < -0.3 is 38.0 Å². The van der Waals surface area contributed by atoms with E-state index in [-0.39, 0.29) is 30.1 Å². The molecule has 0 fully saturated rings. The number of ether oxygens (including phenoxy) is 4. The average molecular weight is 775 g/mol. The number of esters is 2. The molecule has 12 heteroatoms. The van der Waals surface area contributed by atoms with Gasteiger partial charge in [0.05, 0.1) is 30.8 Å². The summed E-state index contributed by atoms with van der Waals surface area (Å²) in [5.74, 6) is -0.721. The van der Waals surface area contributed by atoms with Gasteiger partial charge in [0.2, 0.25) is 0 Å². The van der Waals surface area contributed by atoms with E-state index in [1.54, 1.807) is 44.6 Å². The number of aliphatic hydroxyl groups is 2. The third kappa shape index (κ3) is 13.7. The molecule has 3 heterocycles. The van der Waals surface area contributed by atoms with E-state index >= 15 is 0 Å². The van der Waals surface area contributed by atoms with Crippen LogP contribution in [0.2, 0.25) is 0 Å². The summed E-state index contributed by atoms with van der Waals surface area (Å²) < 4.78 is 34.2. The fourth-order valence-corrected chi connectivity index (χ4v) is 5.60. The van der Waals surface area contributed by atoms with Crippen LogP contribution in [0.1, 0.15) is 87.1 Å². The Labute approximate surface area is 330 Å². The molecule has 0 radical (unpaired) electrons. The molecule has 12 nitrogen and oxygen atoms in total. The summed E-state index contributed by atoms with van der Waals surface area (Å²) in [5, 5.41) is 21.8. The Morgan fingerprint density at radius 2 is 1.21 bits per heavy atom. The molecule has 0 saturated carbocycles. The molecule has 2 aromatic rings.